The highest BCUT2D eigenvalue weighted by Crippen LogP contribution is 2.44. The second-order valence-corrected chi connectivity index (χ2v) is 10.2. The molecule has 0 bridgehead atoms. The molecule has 1 atom stereocenters. The van der Waals surface area contributed by atoms with E-state index < -0.39 is 17.7 Å². The number of thiazole rings is 1. The van der Waals surface area contributed by atoms with Crippen molar-refractivity contribution in [2.75, 3.05) is 12.0 Å². The van der Waals surface area contributed by atoms with Gasteiger partial charge in [0.05, 0.1) is 28.9 Å². The summed E-state index contributed by atoms with van der Waals surface area (Å²) in [5.41, 5.74) is 4.17. The molecule has 1 aliphatic rings. The van der Waals surface area contributed by atoms with Crippen LogP contribution in [-0.4, -0.2) is 28.9 Å². The normalized spacial score (nSPS) is 17.4. The molecule has 0 spiro atoms. The summed E-state index contributed by atoms with van der Waals surface area (Å²) in [7, 11) is 1.56. The molecular formula is C29H26N2O4S. The highest BCUT2D eigenvalue weighted by molar-refractivity contribution is 7.22. The largest absolute Gasteiger partial charge is 0.507 e. The minimum absolute atomic E-state index is 0.0397. The van der Waals surface area contributed by atoms with Gasteiger partial charge in [-0.05, 0) is 65.9 Å². The van der Waals surface area contributed by atoms with Crippen LogP contribution >= 0.6 is 11.3 Å². The third-order valence-electron chi connectivity index (χ3n) is 6.47. The van der Waals surface area contributed by atoms with E-state index in [9.17, 15) is 14.7 Å². The summed E-state index contributed by atoms with van der Waals surface area (Å²) in [6.45, 7) is 6.21. The van der Waals surface area contributed by atoms with Crippen LogP contribution in [0.2, 0.25) is 0 Å². The smallest absolute Gasteiger partial charge is 0.301 e. The topological polar surface area (TPSA) is 79.7 Å². The van der Waals surface area contributed by atoms with E-state index in [1.807, 2.05) is 49.4 Å². The predicted molar refractivity (Wildman–Crippen MR) is 143 cm³/mol. The number of hydrogen-bond donors (Lipinski definition) is 1. The number of Topliss-reactive ketones (excluding diaryl/α,β-unsaturated/α-hetero) is 1. The molecule has 2 heterocycles. The van der Waals surface area contributed by atoms with Gasteiger partial charge >= 0.3 is 5.91 Å². The molecule has 1 amide bonds. The molecule has 5 rings (SSSR count). The Kier molecular flexibility index (Phi) is 6.10. The van der Waals surface area contributed by atoms with Crippen molar-refractivity contribution in [3.05, 3.63) is 94.6 Å². The number of aliphatic hydroxyl groups excluding tert-OH is 1. The SMILES string of the molecule is COc1ccc(C(O)=C2C(=O)C(=O)N(c3nc4ccc(C)cc4s3)[C@H]2c2ccc(C(C)C)cc2)cc1. The third-order valence-corrected chi connectivity index (χ3v) is 7.48. The summed E-state index contributed by atoms with van der Waals surface area (Å²) in [5, 5.41) is 11.7. The number of methoxy groups -OCH3 is 1. The van der Waals surface area contributed by atoms with Gasteiger partial charge in [0, 0.05) is 5.56 Å². The zero-order valence-electron chi connectivity index (χ0n) is 20.5. The molecular weight excluding hydrogens is 472 g/mol. The van der Waals surface area contributed by atoms with E-state index in [0.29, 0.717) is 22.4 Å². The van der Waals surface area contributed by atoms with Gasteiger partial charge in [-0.2, -0.15) is 0 Å². The van der Waals surface area contributed by atoms with E-state index in [-0.39, 0.29) is 11.3 Å². The van der Waals surface area contributed by atoms with Crippen molar-refractivity contribution in [2.24, 2.45) is 0 Å². The lowest BCUT2D eigenvalue weighted by Gasteiger charge is -2.23. The van der Waals surface area contributed by atoms with Crippen LogP contribution in [0.5, 0.6) is 5.75 Å². The fourth-order valence-corrected chi connectivity index (χ4v) is 5.53. The summed E-state index contributed by atoms with van der Waals surface area (Å²) in [6, 6.07) is 19.6. The molecule has 7 heteroatoms. The Balaban J connectivity index is 1.70. The predicted octanol–water partition coefficient (Wildman–Crippen LogP) is 6.36. The van der Waals surface area contributed by atoms with Crippen molar-refractivity contribution < 1.29 is 19.4 Å². The summed E-state index contributed by atoms with van der Waals surface area (Å²) in [6.07, 6.45) is 0. The van der Waals surface area contributed by atoms with Gasteiger partial charge in [0.15, 0.2) is 5.13 Å². The number of anilines is 1. The first-order chi connectivity index (χ1) is 17.3. The number of nitrogens with zero attached hydrogens (tertiary/aromatic N) is 2. The number of ketones is 1. The minimum atomic E-state index is -0.810. The van der Waals surface area contributed by atoms with E-state index >= 15 is 0 Å². The number of amides is 1. The fourth-order valence-electron chi connectivity index (χ4n) is 4.44. The fraction of sp³-hybridized carbons (Fsp3) is 0.207. The lowest BCUT2D eigenvalue weighted by Crippen LogP contribution is -2.29. The first-order valence-corrected chi connectivity index (χ1v) is 12.5. The standard InChI is InChI=1S/C29H26N2O4S/c1-16(2)18-6-8-19(9-7-18)25-24(26(32)20-10-12-21(35-4)13-11-20)27(33)28(34)31(25)29-30-22-14-5-17(3)15-23(22)36-29/h5-16,25,32H,1-4H3/t25-/m0/s1. The van der Waals surface area contributed by atoms with Crippen molar-refractivity contribution in [1.82, 2.24) is 4.98 Å². The lowest BCUT2D eigenvalue weighted by molar-refractivity contribution is -0.132. The van der Waals surface area contributed by atoms with Crippen LogP contribution in [0.25, 0.3) is 16.0 Å². The van der Waals surface area contributed by atoms with Crippen LogP contribution in [0.15, 0.2) is 72.3 Å². The summed E-state index contributed by atoms with van der Waals surface area (Å²) in [5.74, 6) is -0.723. The number of carbonyl (C=O) groups excluding carboxylic acids is 2. The second-order valence-electron chi connectivity index (χ2n) is 9.19. The molecule has 1 aromatic heterocycles. The highest BCUT2D eigenvalue weighted by Gasteiger charge is 2.48. The molecule has 0 unspecified atom stereocenters. The van der Waals surface area contributed by atoms with Crippen LogP contribution in [0, 0.1) is 6.92 Å². The van der Waals surface area contributed by atoms with E-state index in [0.717, 1.165) is 26.9 Å². The molecule has 6 nitrogen and oxygen atoms in total. The summed E-state index contributed by atoms with van der Waals surface area (Å²) < 4.78 is 6.14. The third kappa shape index (κ3) is 4.05. The molecule has 1 N–H and O–H groups in total. The van der Waals surface area contributed by atoms with Crippen molar-refractivity contribution in [2.45, 2.75) is 32.7 Å². The van der Waals surface area contributed by atoms with Crippen LogP contribution in [0.4, 0.5) is 5.13 Å². The van der Waals surface area contributed by atoms with Gasteiger partial charge in [-0.25, -0.2) is 4.98 Å². The monoisotopic (exact) mass is 498 g/mol. The summed E-state index contributed by atoms with van der Waals surface area (Å²) >= 11 is 1.36. The molecule has 3 aromatic carbocycles. The van der Waals surface area contributed by atoms with Crippen LogP contribution in [-0.2, 0) is 9.59 Å². The van der Waals surface area contributed by atoms with Crippen LogP contribution in [0.1, 0.15) is 48.1 Å². The number of rotatable bonds is 5. The summed E-state index contributed by atoms with van der Waals surface area (Å²) in [4.78, 5) is 32.9. The Hall–Kier alpha value is -3.97. The van der Waals surface area contributed by atoms with E-state index in [1.54, 1.807) is 31.4 Å². The highest BCUT2D eigenvalue weighted by atomic mass is 32.1. The Bertz CT molecular complexity index is 1500. The van der Waals surface area contributed by atoms with E-state index in [1.165, 1.54) is 16.2 Å². The molecule has 0 saturated carbocycles. The van der Waals surface area contributed by atoms with Crippen molar-refractivity contribution >= 4 is 44.1 Å². The first kappa shape index (κ1) is 23.8. The quantitative estimate of drug-likeness (QED) is 0.197. The van der Waals surface area contributed by atoms with Gasteiger partial charge < -0.3 is 9.84 Å². The number of hydrogen-bond acceptors (Lipinski definition) is 6. The van der Waals surface area contributed by atoms with Gasteiger partial charge in [-0.1, -0.05) is 55.5 Å². The Morgan fingerprint density at radius 3 is 2.36 bits per heavy atom. The van der Waals surface area contributed by atoms with Gasteiger partial charge in [-0.15, -0.1) is 0 Å². The molecule has 1 saturated heterocycles. The molecule has 4 aromatic rings. The number of aryl methyl sites for hydroxylation is 1. The molecule has 0 aliphatic carbocycles. The van der Waals surface area contributed by atoms with E-state index in [4.69, 9.17) is 4.74 Å². The van der Waals surface area contributed by atoms with Crippen molar-refractivity contribution in [1.29, 1.82) is 0 Å². The number of aromatic nitrogens is 1. The molecule has 1 fully saturated rings. The Morgan fingerprint density at radius 1 is 1.03 bits per heavy atom. The van der Waals surface area contributed by atoms with Gasteiger partial charge in [0.2, 0.25) is 0 Å². The van der Waals surface area contributed by atoms with Gasteiger partial charge in [0.1, 0.15) is 11.5 Å². The zero-order valence-corrected chi connectivity index (χ0v) is 21.3. The molecule has 0 radical (unpaired) electrons. The Labute approximate surface area is 213 Å². The van der Waals surface area contributed by atoms with Crippen molar-refractivity contribution in [3.8, 4) is 5.75 Å². The average Bonchev–Trinajstić information content (AvgIpc) is 3.41. The average molecular weight is 499 g/mol. The number of ether oxygens (including phenoxy) is 1. The zero-order chi connectivity index (χ0) is 25.6. The van der Waals surface area contributed by atoms with Gasteiger partial charge in [0.25, 0.3) is 5.78 Å². The second kappa shape index (κ2) is 9.24. The maximum absolute atomic E-state index is 13.4. The number of carbonyl (C=O) groups is 2. The van der Waals surface area contributed by atoms with Crippen LogP contribution in [0.3, 0.4) is 0 Å². The first-order valence-electron chi connectivity index (χ1n) is 11.7. The van der Waals surface area contributed by atoms with Crippen molar-refractivity contribution in [3.63, 3.8) is 0 Å². The maximum atomic E-state index is 13.4. The number of fused-ring (bicyclic) bond motifs is 1. The number of aliphatic hydroxyl groups is 1. The van der Waals surface area contributed by atoms with Gasteiger partial charge in [-0.3, -0.25) is 14.5 Å². The number of benzene rings is 3. The molecule has 36 heavy (non-hydrogen) atoms. The van der Waals surface area contributed by atoms with Crippen LogP contribution < -0.4 is 9.64 Å². The Morgan fingerprint density at radius 2 is 1.72 bits per heavy atom. The minimum Gasteiger partial charge on any atom is -0.507 e. The molecule has 182 valence electrons. The maximum Gasteiger partial charge on any atom is 0.301 e. The molecule has 1 aliphatic heterocycles. The van der Waals surface area contributed by atoms with E-state index in [2.05, 4.69) is 18.8 Å². The lowest BCUT2D eigenvalue weighted by atomic mass is 9.93.